The molecule has 1 aliphatic rings. The second kappa shape index (κ2) is 5.62. The summed E-state index contributed by atoms with van der Waals surface area (Å²) < 4.78 is 0. The van der Waals surface area contributed by atoms with Gasteiger partial charge in [0, 0.05) is 13.5 Å². The number of rotatable bonds is 5. The van der Waals surface area contributed by atoms with Crippen molar-refractivity contribution in [1.29, 1.82) is 0 Å². The molecule has 0 bridgehead atoms. The van der Waals surface area contributed by atoms with Gasteiger partial charge in [-0.3, -0.25) is 14.5 Å². The Morgan fingerprint density at radius 3 is 2.65 bits per heavy atom. The lowest BCUT2D eigenvalue weighted by atomic mass is 10.2. The monoisotopic (exact) mass is 243 g/mol. The second-order valence-corrected chi connectivity index (χ2v) is 4.15. The van der Waals surface area contributed by atoms with Crippen molar-refractivity contribution >= 4 is 17.8 Å². The Labute approximate surface area is 98.9 Å². The van der Waals surface area contributed by atoms with Gasteiger partial charge in [0.15, 0.2) is 0 Å². The minimum Gasteiger partial charge on any atom is -0.480 e. The highest BCUT2D eigenvalue weighted by molar-refractivity contribution is 5.83. The lowest BCUT2D eigenvalue weighted by molar-refractivity contribution is -0.142. The predicted molar refractivity (Wildman–Crippen MR) is 59.0 cm³/mol. The molecule has 1 rings (SSSR count). The first-order chi connectivity index (χ1) is 7.91. The van der Waals surface area contributed by atoms with Crippen molar-refractivity contribution in [3.8, 4) is 0 Å². The number of amides is 2. The Morgan fingerprint density at radius 2 is 2.18 bits per heavy atom. The van der Waals surface area contributed by atoms with Crippen molar-refractivity contribution in [2.75, 3.05) is 13.1 Å². The van der Waals surface area contributed by atoms with Crippen LogP contribution in [0.5, 0.6) is 0 Å². The van der Waals surface area contributed by atoms with Crippen molar-refractivity contribution in [3.63, 3.8) is 0 Å². The van der Waals surface area contributed by atoms with Crippen molar-refractivity contribution in [2.45, 2.75) is 31.8 Å². The van der Waals surface area contributed by atoms with Gasteiger partial charge in [0.25, 0.3) is 0 Å². The third-order valence-electron chi connectivity index (χ3n) is 2.78. The highest BCUT2D eigenvalue weighted by Crippen LogP contribution is 2.16. The number of primary amides is 1. The number of hydrogen-bond donors (Lipinski definition) is 3. The average Bonchev–Trinajstić information content (AvgIpc) is 2.63. The van der Waals surface area contributed by atoms with Gasteiger partial charge in [-0.1, -0.05) is 0 Å². The molecule has 96 valence electrons. The van der Waals surface area contributed by atoms with E-state index in [1.807, 2.05) is 0 Å². The van der Waals surface area contributed by atoms with Gasteiger partial charge in [0.2, 0.25) is 11.8 Å². The van der Waals surface area contributed by atoms with Crippen molar-refractivity contribution in [1.82, 2.24) is 10.2 Å². The van der Waals surface area contributed by atoms with Crippen molar-refractivity contribution < 1.29 is 19.5 Å². The second-order valence-electron chi connectivity index (χ2n) is 4.15. The number of carbonyl (C=O) groups is 3. The van der Waals surface area contributed by atoms with Gasteiger partial charge in [-0.25, -0.2) is 4.79 Å². The van der Waals surface area contributed by atoms with Gasteiger partial charge < -0.3 is 16.2 Å². The van der Waals surface area contributed by atoms with Crippen LogP contribution in [0.15, 0.2) is 0 Å². The van der Waals surface area contributed by atoms with Gasteiger partial charge in [0.05, 0.1) is 6.04 Å². The molecule has 2 amide bonds. The molecule has 1 heterocycles. The highest BCUT2D eigenvalue weighted by atomic mass is 16.4. The molecule has 4 N–H and O–H groups in total. The van der Waals surface area contributed by atoms with Crippen molar-refractivity contribution in [2.24, 2.45) is 5.73 Å². The minimum absolute atomic E-state index is 0.0997. The highest BCUT2D eigenvalue weighted by Gasteiger charge is 2.32. The molecule has 1 saturated heterocycles. The number of likely N-dealkylation sites (tertiary alicyclic amines) is 1. The molecule has 0 aromatic rings. The van der Waals surface area contributed by atoms with Crippen LogP contribution in [0, 0.1) is 0 Å². The minimum atomic E-state index is -1.12. The third kappa shape index (κ3) is 3.70. The number of carboxylic acid groups (broad SMARTS) is 1. The average molecular weight is 243 g/mol. The normalized spacial score (nSPS) is 22.1. The molecule has 17 heavy (non-hydrogen) atoms. The Hall–Kier alpha value is -1.63. The van der Waals surface area contributed by atoms with E-state index in [0.29, 0.717) is 13.0 Å². The molecule has 1 fully saturated rings. The number of nitrogens with zero attached hydrogens (tertiary/aromatic N) is 1. The van der Waals surface area contributed by atoms with Crippen LogP contribution in [0.25, 0.3) is 0 Å². The fraction of sp³-hybridized carbons (Fsp3) is 0.700. The van der Waals surface area contributed by atoms with E-state index in [0.717, 1.165) is 6.42 Å². The maximum absolute atomic E-state index is 11.1. The quantitative estimate of drug-likeness (QED) is 0.545. The molecule has 0 aromatic carbocycles. The summed E-state index contributed by atoms with van der Waals surface area (Å²) in [5.41, 5.74) is 5.23. The largest absolute Gasteiger partial charge is 0.480 e. The van der Waals surface area contributed by atoms with Crippen LogP contribution < -0.4 is 11.1 Å². The van der Waals surface area contributed by atoms with E-state index >= 15 is 0 Å². The summed E-state index contributed by atoms with van der Waals surface area (Å²) in [6, 6.07) is -1.43. The molecule has 0 saturated carbocycles. The van der Waals surface area contributed by atoms with Crippen molar-refractivity contribution in [3.05, 3.63) is 0 Å². The van der Waals surface area contributed by atoms with Crippen LogP contribution in [0.4, 0.5) is 0 Å². The number of hydrogen-bond acceptors (Lipinski definition) is 4. The first-order valence-electron chi connectivity index (χ1n) is 5.45. The fourth-order valence-electron chi connectivity index (χ4n) is 2.03. The maximum Gasteiger partial charge on any atom is 0.327 e. The Bertz CT molecular complexity index is 332. The molecule has 7 heteroatoms. The summed E-state index contributed by atoms with van der Waals surface area (Å²) in [6.45, 7) is 1.98. The zero-order chi connectivity index (χ0) is 13.0. The molecule has 0 spiro atoms. The van der Waals surface area contributed by atoms with Crippen LogP contribution in [0.3, 0.4) is 0 Å². The van der Waals surface area contributed by atoms with Gasteiger partial charge in [0.1, 0.15) is 6.04 Å². The Kier molecular flexibility index (Phi) is 4.45. The van der Waals surface area contributed by atoms with E-state index in [2.05, 4.69) is 5.32 Å². The zero-order valence-corrected chi connectivity index (χ0v) is 9.68. The maximum atomic E-state index is 11.1. The SMILES string of the molecule is CC(=O)NC(CN1CCCC1C(N)=O)C(=O)O. The summed E-state index contributed by atoms with van der Waals surface area (Å²) in [4.78, 5) is 34.6. The van der Waals surface area contributed by atoms with Crippen LogP contribution in [-0.4, -0.2) is 53.0 Å². The van der Waals surface area contributed by atoms with E-state index in [4.69, 9.17) is 10.8 Å². The first-order valence-corrected chi connectivity index (χ1v) is 5.45. The van der Waals surface area contributed by atoms with Crippen LogP contribution in [-0.2, 0) is 14.4 Å². The molecule has 2 atom stereocenters. The molecule has 0 aromatic heterocycles. The molecule has 7 nitrogen and oxygen atoms in total. The summed E-state index contributed by atoms with van der Waals surface area (Å²) >= 11 is 0. The number of aliphatic carboxylic acids is 1. The lowest BCUT2D eigenvalue weighted by Gasteiger charge is -2.25. The summed E-state index contributed by atoms with van der Waals surface area (Å²) in [5.74, 6) is -1.97. The molecule has 1 aliphatic heterocycles. The first kappa shape index (κ1) is 13.4. The molecule has 0 aliphatic carbocycles. The Balaban J connectivity index is 2.63. The van der Waals surface area contributed by atoms with E-state index in [1.54, 1.807) is 4.90 Å². The predicted octanol–water partition coefficient (Wildman–Crippen LogP) is -1.47. The van der Waals surface area contributed by atoms with E-state index < -0.39 is 29.9 Å². The number of carboxylic acids is 1. The topological polar surface area (TPSA) is 113 Å². The van der Waals surface area contributed by atoms with E-state index in [9.17, 15) is 14.4 Å². The molecular weight excluding hydrogens is 226 g/mol. The molecule has 2 unspecified atom stereocenters. The van der Waals surface area contributed by atoms with Crippen LogP contribution >= 0.6 is 0 Å². The van der Waals surface area contributed by atoms with Gasteiger partial charge in [-0.2, -0.15) is 0 Å². The van der Waals surface area contributed by atoms with E-state index in [1.165, 1.54) is 6.92 Å². The number of nitrogens with one attached hydrogen (secondary N) is 1. The summed E-state index contributed by atoms with van der Waals surface area (Å²) in [7, 11) is 0. The summed E-state index contributed by atoms with van der Waals surface area (Å²) in [5, 5.41) is 11.3. The van der Waals surface area contributed by atoms with Crippen LogP contribution in [0.2, 0.25) is 0 Å². The van der Waals surface area contributed by atoms with Gasteiger partial charge in [-0.05, 0) is 19.4 Å². The Morgan fingerprint density at radius 1 is 1.53 bits per heavy atom. The van der Waals surface area contributed by atoms with Crippen LogP contribution in [0.1, 0.15) is 19.8 Å². The third-order valence-corrected chi connectivity index (χ3v) is 2.78. The lowest BCUT2D eigenvalue weighted by Crippen LogP contribution is -2.51. The molecule has 0 radical (unpaired) electrons. The van der Waals surface area contributed by atoms with Gasteiger partial charge >= 0.3 is 5.97 Å². The smallest absolute Gasteiger partial charge is 0.327 e. The van der Waals surface area contributed by atoms with Gasteiger partial charge in [-0.15, -0.1) is 0 Å². The number of carbonyl (C=O) groups excluding carboxylic acids is 2. The molecular formula is C10H17N3O4. The zero-order valence-electron chi connectivity index (χ0n) is 9.68. The summed E-state index contributed by atoms with van der Waals surface area (Å²) in [6.07, 6.45) is 1.45. The van der Waals surface area contributed by atoms with E-state index in [-0.39, 0.29) is 6.54 Å². The standard InChI is InChI=1S/C10H17N3O4/c1-6(14)12-7(10(16)17)5-13-4-2-3-8(13)9(11)15/h7-8H,2-5H2,1H3,(H2,11,15)(H,12,14)(H,16,17). The fourth-order valence-corrected chi connectivity index (χ4v) is 2.03. The number of nitrogens with two attached hydrogens (primary N) is 1.